The molecule has 0 atom stereocenters. The molecule has 0 spiro atoms. The molecule has 0 N–H and O–H groups in total. The van der Waals surface area contributed by atoms with Crippen molar-refractivity contribution >= 4 is 82.3 Å². The third-order valence-corrected chi connectivity index (χ3v) is 19.9. The SMILES string of the molecule is Cc1ccc2c(c1)[Si](C)(C)c1cc(-c3ccc(-c4ccc(-c5ccc6c(c5)[Si](C)(C)c5cc(C)ccc5N6C)s4)s3)ccc1N2C. The molecule has 2 aromatic heterocycles. The van der Waals surface area contributed by atoms with E-state index in [4.69, 9.17) is 0 Å². The molecule has 6 aromatic rings. The lowest BCUT2D eigenvalue weighted by molar-refractivity contribution is 1.21. The van der Waals surface area contributed by atoms with Crippen LogP contribution in [0.5, 0.6) is 0 Å². The molecule has 0 aliphatic carbocycles. The monoisotopic (exact) mass is 668 g/mol. The zero-order valence-electron chi connectivity index (χ0n) is 27.9. The average Bonchev–Trinajstić information content (AvgIpc) is 3.73. The van der Waals surface area contributed by atoms with Gasteiger partial charge in [-0.3, -0.25) is 0 Å². The van der Waals surface area contributed by atoms with Crippen molar-refractivity contribution in [3.63, 3.8) is 0 Å². The van der Waals surface area contributed by atoms with Crippen LogP contribution in [0.2, 0.25) is 26.2 Å². The quantitative estimate of drug-likeness (QED) is 0.174. The van der Waals surface area contributed by atoms with E-state index in [-0.39, 0.29) is 0 Å². The number of aryl methyl sites for hydroxylation is 2. The fraction of sp³-hybridized carbons (Fsp3) is 0.200. The molecule has 6 heteroatoms. The van der Waals surface area contributed by atoms with E-state index in [9.17, 15) is 0 Å². The zero-order chi connectivity index (χ0) is 32.1. The van der Waals surface area contributed by atoms with Crippen LogP contribution in [0.4, 0.5) is 22.7 Å². The first kappa shape index (κ1) is 29.7. The second-order valence-corrected chi connectivity index (χ2v) is 25.0. The summed E-state index contributed by atoms with van der Waals surface area (Å²) in [5, 5.41) is 6.14. The lowest BCUT2D eigenvalue weighted by Crippen LogP contribution is -2.58. The lowest BCUT2D eigenvalue weighted by Gasteiger charge is -2.39. The van der Waals surface area contributed by atoms with Crippen LogP contribution in [-0.2, 0) is 0 Å². The van der Waals surface area contributed by atoms with Crippen LogP contribution >= 0.6 is 22.7 Å². The molecular weight excluding hydrogens is 629 g/mol. The fourth-order valence-electron chi connectivity index (χ4n) is 7.65. The van der Waals surface area contributed by atoms with E-state index in [1.54, 1.807) is 0 Å². The van der Waals surface area contributed by atoms with Gasteiger partial charge in [0.1, 0.15) is 16.1 Å². The van der Waals surface area contributed by atoms with E-state index in [1.807, 2.05) is 22.7 Å². The second-order valence-electron chi connectivity index (χ2n) is 14.2. The Bertz CT molecular complexity index is 2030. The Labute approximate surface area is 283 Å². The molecule has 0 radical (unpaired) electrons. The zero-order valence-corrected chi connectivity index (χ0v) is 31.6. The minimum Gasteiger partial charge on any atom is -0.345 e. The summed E-state index contributed by atoms with van der Waals surface area (Å²) < 4.78 is 0. The van der Waals surface area contributed by atoms with Gasteiger partial charge in [0.2, 0.25) is 0 Å². The van der Waals surface area contributed by atoms with Crippen LogP contribution in [0.15, 0.2) is 97.1 Å². The first-order chi connectivity index (χ1) is 21.9. The van der Waals surface area contributed by atoms with Crippen molar-refractivity contribution in [2.75, 3.05) is 23.9 Å². The summed E-state index contributed by atoms with van der Waals surface area (Å²) in [6.07, 6.45) is 0. The maximum atomic E-state index is 2.51. The van der Waals surface area contributed by atoms with Crippen LogP contribution < -0.4 is 30.5 Å². The summed E-state index contributed by atoms with van der Waals surface area (Å²) >= 11 is 3.83. The second kappa shape index (κ2) is 10.4. The third-order valence-electron chi connectivity index (χ3n) is 10.5. The molecule has 0 saturated heterocycles. The molecule has 4 aromatic carbocycles. The minimum absolute atomic E-state index is 1.33. The van der Waals surface area contributed by atoms with Crippen molar-refractivity contribution in [3.8, 4) is 30.6 Å². The van der Waals surface area contributed by atoms with Gasteiger partial charge in [-0.25, -0.2) is 0 Å². The molecule has 2 aliphatic heterocycles. The number of hydrogen-bond acceptors (Lipinski definition) is 4. The molecule has 0 unspecified atom stereocenters. The van der Waals surface area contributed by atoms with Gasteiger partial charge >= 0.3 is 0 Å². The highest BCUT2D eigenvalue weighted by atomic mass is 32.1. The van der Waals surface area contributed by atoms with E-state index in [2.05, 4.69) is 161 Å². The standard InChI is InChI=1S/C40H40N2S2Si2/c1-25-9-13-29-37(21-25)45(5,6)39-23-27(11-15-31(39)41(29)3)33-17-19-35(43-33)36-20-18-34(44-36)28-12-16-32-40(24-28)46(7,8)38-22-26(2)10-14-30(38)42(32)4/h9-24H,1-8H3. The summed E-state index contributed by atoms with van der Waals surface area (Å²) in [6, 6.07) is 37.6. The van der Waals surface area contributed by atoms with Gasteiger partial charge in [0.25, 0.3) is 0 Å². The summed E-state index contributed by atoms with van der Waals surface area (Å²) in [5.74, 6) is 0. The number of rotatable bonds is 3. The highest BCUT2D eigenvalue weighted by Crippen LogP contribution is 2.42. The van der Waals surface area contributed by atoms with Crippen molar-refractivity contribution in [2.24, 2.45) is 0 Å². The molecular formula is C40H40N2S2Si2. The smallest absolute Gasteiger partial charge is 0.117 e. The minimum atomic E-state index is -1.84. The Morgan fingerprint density at radius 2 is 0.739 bits per heavy atom. The number of anilines is 4. The van der Waals surface area contributed by atoms with Gasteiger partial charge in [0.15, 0.2) is 0 Å². The van der Waals surface area contributed by atoms with Gasteiger partial charge in [0.05, 0.1) is 0 Å². The van der Waals surface area contributed by atoms with Crippen LogP contribution in [0, 0.1) is 13.8 Å². The molecule has 8 rings (SSSR count). The first-order valence-electron chi connectivity index (χ1n) is 16.1. The predicted molar refractivity (Wildman–Crippen MR) is 210 cm³/mol. The number of nitrogens with zero attached hydrogens (tertiary/aromatic N) is 2. The molecule has 0 amide bonds. The van der Waals surface area contributed by atoms with Crippen LogP contribution in [0.25, 0.3) is 30.6 Å². The average molecular weight is 669 g/mol. The predicted octanol–water partition coefficient (Wildman–Crippen LogP) is 9.24. The Morgan fingerprint density at radius 1 is 0.413 bits per heavy atom. The summed E-state index contributed by atoms with van der Waals surface area (Å²) in [6.45, 7) is 14.5. The fourth-order valence-corrected chi connectivity index (χ4v) is 16.1. The van der Waals surface area contributed by atoms with E-state index in [0.29, 0.717) is 0 Å². The highest BCUT2D eigenvalue weighted by molar-refractivity contribution is 7.25. The van der Waals surface area contributed by atoms with Crippen molar-refractivity contribution in [2.45, 2.75) is 40.0 Å². The maximum Gasteiger partial charge on any atom is 0.117 e. The molecule has 230 valence electrons. The molecule has 2 nitrogen and oxygen atoms in total. The molecule has 0 fully saturated rings. The maximum absolute atomic E-state index is 2.51. The van der Waals surface area contributed by atoms with Gasteiger partial charge in [0, 0.05) is 56.4 Å². The van der Waals surface area contributed by atoms with Gasteiger partial charge in [-0.1, -0.05) is 85.8 Å². The Hall–Kier alpha value is -3.69. The van der Waals surface area contributed by atoms with Gasteiger partial charge in [-0.15, -0.1) is 22.7 Å². The van der Waals surface area contributed by atoms with Crippen molar-refractivity contribution in [3.05, 3.63) is 108 Å². The number of fused-ring (bicyclic) bond motifs is 4. The topological polar surface area (TPSA) is 6.48 Å². The van der Waals surface area contributed by atoms with Gasteiger partial charge in [-0.2, -0.15) is 0 Å². The normalized spacial score (nSPS) is 15.7. The molecule has 0 saturated carbocycles. The van der Waals surface area contributed by atoms with Crippen LogP contribution in [0.3, 0.4) is 0 Å². The molecule has 4 heterocycles. The van der Waals surface area contributed by atoms with Crippen LogP contribution in [0.1, 0.15) is 11.1 Å². The van der Waals surface area contributed by atoms with Gasteiger partial charge in [-0.05, 0) is 94.3 Å². The summed E-state index contributed by atoms with van der Waals surface area (Å²) in [4.78, 5) is 10.1. The van der Waals surface area contributed by atoms with Crippen molar-refractivity contribution in [1.82, 2.24) is 0 Å². The van der Waals surface area contributed by atoms with E-state index < -0.39 is 16.1 Å². The van der Waals surface area contributed by atoms with Crippen molar-refractivity contribution < 1.29 is 0 Å². The van der Waals surface area contributed by atoms with E-state index >= 15 is 0 Å². The Kier molecular flexibility index (Phi) is 6.72. The number of benzene rings is 4. The van der Waals surface area contributed by atoms with E-state index in [0.717, 1.165) is 0 Å². The summed E-state index contributed by atoms with van der Waals surface area (Å²) in [7, 11) is 0.753. The lowest BCUT2D eigenvalue weighted by atomic mass is 10.1. The molecule has 46 heavy (non-hydrogen) atoms. The largest absolute Gasteiger partial charge is 0.345 e. The first-order valence-corrected chi connectivity index (χ1v) is 23.8. The molecule has 2 aliphatic rings. The summed E-state index contributed by atoms with van der Waals surface area (Å²) in [5.41, 5.74) is 10.8. The Balaban J connectivity index is 1.11. The third kappa shape index (κ3) is 4.45. The van der Waals surface area contributed by atoms with Gasteiger partial charge < -0.3 is 9.80 Å². The highest BCUT2D eigenvalue weighted by Gasteiger charge is 2.38. The number of hydrogen-bond donors (Lipinski definition) is 0. The Morgan fingerprint density at radius 3 is 1.13 bits per heavy atom. The van der Waals surface area contributed by atoms with Crippen molar-refractivity contribution in [1.29, 1.82) is 0 Å². The molecule has 0 bridgehead atoms. The van der Waals surface area contributed by atoms with E-state index in [1.165, 1.54) is 85.3 Å². The van der Waals surface area contributed by atoms with Crippen LogP contribution in [-0.4, -0.2) is 30.2 Å². The number of thiophene rings is 2.